The molecule has 1 fully saturated rings. The average Bonchev–Trinajstić information content (AvgIpc) is 2.71. The van der Waals surface area contributed by atoms with Gasteiger partial charge in [0.25, 0.3) is 0 Å². The Morgan fingerprint density at radius 2 is 1.82 bits per heavy atom. The van der Waals surface area contributed by atoms with Crippen molar-refractivity contribution in [2.24, 2.45) is 0 Å². The van der Waals surface area contributed by atoms with E-state index in [1.54, 1.807) is 0 Å². The van der Waals surface area contributed by atoms with Crippen molar-refractivity contribution in [2.45, 2.75) is 31.1 Å². The molecular weight excluding hydrogens is 376 g/mol. The number of aryl methyl sites for hydroxylation is 1. The number of nitrogens with one attached hydrogen (secondary N) is 2. The van der Waals surface area contributed by atoms with Crippen LogP contribution in [0.3, 0.4) is 0 Å². The minimum Gasteiger partial charge on any atom is -0.356 e. The van der Waals surface area contributed by atoms with Gasteiger partial charge in [-0.25, -0.2) is 18.1 Å². The lowest BCUT2D eigenvalue weighted by Crippen LogP contribution is -2.31. The van der Waals surface area contributed by atoms with Crippen LogP contribution in [0.25, 0.3) is 0 Å². The zero-order valence-electron chi connectivity index (χ0n) is 15.9. The second-order valence-electron chi connectivity index (χ2n) is 6.70. The van der Waals surface area contributed by atoms with Gasteiger partial charge in [0.2, 0.25) is 16.0 Å². The summed E-state index contributed by atoms with van der Waals surface area (Å²) >= 11 is 0. The molecule has 2 aromatic rings. The monoisotopic (exact) mass is 400 g/mol. The van der Waals surface area contributed by atoms with E-state index in [9.17, 15) is 8.42 Å². The molecular formula is C19H24N6O2S. The summed E-state index contributed by atoms with van der Waals surface area (Å²) in [6.45, 7) is 4.48. The van der Waals surface area contributed by atoms with Gasteiger partial charge in [0.15, 0.2) is 0 Å². The first-order valence-electron chi connectivity index (χ1n) is 9.32. The molecule has 8 nitrogen and oxygen atoms in total. The van der Waals surface area contributed by atoms with E-state index >= 15 is 0 Å². The summed E-state index contributed by atoms with van der Waals surface area (Å²) in [5.41, 5.74) is 1.29. The predicted molar refractivity (Wildman–Crippen MR) is 108 cm³/mol. The summed E-state index contributed by atoms with van der Waals surface area (Å²) in [6, 6.07) is 9.74. The number of benzene rings is 1. The van der Waals surface area contributed by atoms with Gasteiger partial charge in [-0.2, -0.15) is 10.2 Å². The van der Waals surface area contributed by atoms with Crippen molar-refractivity contribution in [3.8, 4) is 6.07 Å². The van der Waals surface area contributed by atoms with Crippen molar-refractivity contribution in [2.75, 3.05) is 36.4 Å². The molecule has 9 heteroatoms. The standard InChI is InChI=1S/C19H24N6O2S/c1-15-13-18(25-11-3-2-4-12-25)24-19(23-15)21-9-10-22-28(26,27)17-7-5-16(14-20)6-8-17/h5-8,13,22H,2-4,9-12H2,1H3,(H,21,23,24). The molecule has 0 radical (unpaired) electrons. The van der Waals surface area contributed by atoms with Gasteiger partial charge in [0, 0.05) is 37.9 Å². The smallest absolute Gasteiger partial charge is 0.240 e. The molecule has 2 N–H and O–H groups in total. The normalized spacial score (nSPS) is 14.5. The zero-order valence-corrected chi connectivity index (χ0v) is 16.7. The molecule has 2 heterocycles. The number of aromatic nitrogens is 2. The maximum atomic E-state index is 12.3. The first-order valence-corrected chi connectivity index (χ1v) is 10.8. The number of nitrogens with zero attached hydrogens (tertiary/aromatic N) is 4. The lowest BCUT2D eigenvalue weighted by atomic mass is 10.1. The number of hydrogen-bond acceptors (Lipinski definition) is 7. The van der Waals surface area contributed by atoms with E-state index in [4.69, 9.17) is 5.26 Å². The van der Waals surface area contributed by atoms with Crippen LogP contribution in [-0.2, 0) is 10.0 Å². The molecule has 0 saturated carbocycles. The highest BCUT2D eigenvalue weighted by Gasteiger charge is 2.15. The first-order chi connectivity index (χ1) is 13.5. The van der Waals surface area contributed by atoms with E-state index in [-0.39, 0.29) is 11.4 Å². The highest BCUT2D eigenvalue weighted by atomic mass is 32.2. The van der Waals surface area contributed by atoms with Gasteiger partial charge < -0.3 is 10.2 Å². The van der Waals surface area contributed by atoms with Crippen LogP contribution in [0.5, 0.6) is 0 Å². The Labute approximate surface area is 165 Å². The highest BCUT2D eigenvalue weighted by Crippen LogP contribution is 2.19. The quantitative estimate of drug-likeness (QED) is 0.684. The van der Waals surface area contributed by atoms with Gasteiger partial charge in [-0.05, 0) is 50.5 Å². The fraction of sp³-hybridized carbons (Fsp3) is 0.421. The molecule has 0 amide bonds. The summed E-state index contributed by atoms with van der Waals surface area (Å²) in [5.74, 6) is 1.41. The Balaban J connectivity index is 1.55. The van der Waals surface area contributed by atoms with Gasteiger partial charge >= 0.3 is 0 Å². The van der Waals surface area contributed by atoms with E-state index < -0.39 is 10.0 Å². The van der Waals surface area contributed by atoms with E-state index in [1.165, 1.54) is 43.5 Å². The number of sulfonamides is 1. The number of piperidine rings is 1. The van der Waals surface area contributed by atoms with Crippen molar-refractivity contribution in [3.63, 3.8) is 0 Å². The third-order valence-corrected chi connectivity index (χ3v) is 5.99. The lowest BCUT2D eigenvalue weighted by Gasteiger charge is -2.28. The molecule has 1 aliphatic heterocycles. The van der Waals surface area contributed by atoms with Crippen LogP contribution < -0.4 is 14.9 Å². The third-order valence-electron chi connectivity index (χ3n) is 4.51. The van der Waals surface area contributed by atoms with Crippen LogP contribution in [0.15, 0.2) is 35.2 Å². The second-order valence-corrected chi connectivity index (χ2v) is 8.47. The number of hydrogen-bond donors (Lipinski definition) is 2. The maximum absolute atomic E-state index is 12.3. The summed E-state index contributed by atoms with van der Waals surface area (Å²) < 4.78 is 27.1. The topological polar surface area (TPSA) is 111 Å². The van der Waals surface area contributed by atoms with Gasteiger partial charge in [-0.1, -0.05) is 0 Å². The first kappa shape index (κ1) is 20.0. The lowest BCUT2D eigenvalue weighted by molar-refractivity contribution is 0.573. The minimum absolute atomic E-state index is 0.130. The maximum Gasteiger partial charge on any atom is 0.240 e. The van der Waals surface area contributed by atoms with Crippen molar-refractivity contribution in [3.05, 3.63) is 41.6 Å². The van der Waals surface area contributed by atoms with Crippen LogP contribution in [0.4, 0.5) is 11.8 Å². The van der Waals surface area contributed by atoms with E-state index in [1.807, 2.05) is 19.1 Å². The van der Waals surface area contributed by atoms with Crippen molar-refractivity contribution < 1.29 is 8.42 Å². The molecule has 1 aromatic heterocycles. The molecule has 148 valence electrons. The molecule has 0 unspecified atom stereocenters. The van der Waals surface area contributed by atoms with Crippen LogP contribution in [-0.4, -0.2) is 44.6 Å². The van der Waals surface area contributed by atoms with E-state index in [0.717, 1.165) is 24.6 Å². The van der Waals surface area contributed by atoms with Crippen LogP contribution >= 0.6 is 0 Å². The third kappa shape index (κ3) is 5.18. The van der Waals surface area contributed by atoms with Gasteiger partial charge in [0.1, 0.15) is 5.82 Å². The molecule has 3 rings (SSSR count). The fourth-order valence-electron chi connectivity index (χ4n) is 3.07. The summed E-state index contributed by atoms with van der Waals surface area (Å²) in [6.07, 6.45) is 3.59. The highest BCUT2D eigenvalue weighted by molar-refractivity contribution is 7.89. The van der Waals surface area contributed by atoms with Gasteiger partial charge in [0.05, 0.1) is 16.5 Å². The van der Waals surface area contributed by atoms with Crippen LogP contribution in [0, 0.1) is 18.3 Å². The molecule has 0 atom stereocenters. The Morgan fingerprint density at radius 1 is 1.11 bits per heavy atom. The number of nitriles is 1. The van der Waals surface area contributed by atoms with Crippen molar-refractivity contribution in [1.29, 1.82) is 5.26 Å². The molecule has 28 heavy (non-hydrogen) atoms. The van der Waals surface area contributed by atoms with Crippen molar-refractivity contribution in [1.82, 2.24) is 14.7 Å². The molecule has 0 spiro atoms. The van der Waals surface area contributed by atoms with Crippen LogP contribution in [0.1, 0.15) is 30.5 Å². The van der Waals surface area contributed by atoms with E-state index in [0.29, 0.717) is 18.1 Å². The average molecular weight is 401 g/mol. The second kappa shape index (κ2) is 8.99. The zero-order chi connectivity index (χ0) is 20.0. The molecule has 0 aliphatic carbocycles. The Kier molecular flexibility index (Phi) is 6.44. The summed E-state index contributed by atoms with van der Waals surface area (Å²) in [5, 5.41) is 11.9. The number of rotatable bonds is 7. The molecule has 1 aromatic carbocycles. The number of anilines is 2. The summed E-state index contributed by atoms with van der Waals surface area (Å²) in [4.78, 5) is 11.3. The SMILES string of the molecule is Cc1cc(N2CCCCC2)nc(NCCNS(=O)(=O)c2ccc(C#N)cc2)n1. The Hall–Kier alpha value is -2.70. The molecule has 1 saturated heterocycles. The minimum atomic E-state index is -3.62. The van der Waals surface area contributed by atoms with Crippen molar-refractivity contribution >= 4 is 21.8 Å². The van der Waals surface area contributed by atoms with Crippen LogP contribution in [0.2, 0.25) is 0 Å². The Morgan fingerprint density at radius 3 is 2.50 bits per heavy atom. The predicted octanol–water partition coefficient (Wildman–Crippen LogP) is 2.04. The van der Waals surface area contributed by atoms with Gasteiger partial charge in [-0.15, -0.1) is 0 Å². The Bertz CT molecular complexity index is 947. The van der Waals surface area contributed by atoms with E-state index in [2.05, 4.69) is 24.9 Å². The largest absolute Gasteiger partial charge is 0.356 e. The molecule has 0 bridgehead atoms. The summed E-state index contributed by atoms with van der Waals surface area (Å²) in [7, 11) is -3.62. The fourth-order valence-corrected chi connectivity index (χ4v) is 4.10. The molecule has 1 aliphatic rings. The van der Waals surface area contributed by atoms with Gasteiger partial charge in [-0.3, -0.25) is 0 Å².